The average Bonchev–Trinajstić information content (AvgIpc) is 2.37. The molecule has 0 amide bonds. The molecular formula is C13H16O5. The largest absolute Gasteiger partial charge is 0.486 e. The summed E-state index contributed by atoms with van der Waals surface area (Å²) >= 11 is 0. The van der Waals surface area contributed by atoms with Gasteiger partial charge >= 0.3 is 5.97 Å². The maximum absolute atomic E-state index is 11.2. The van der Waals surface area contributed by atoms with Gasteiger partial charge in [-0.15, -0.1) is 0 Å². The summed E-state index contributed by atoms with van der Waals surface area (Å²) in [4.78, 5) is 11.2. The summed E-state index contributed by atoms with van der Waals surface area (Å²) in [6.07, 6.45) is -0.957. The van der Waals surface area contributed by atoms with Crippen LogP contribution in [0.25, 0.3) is 0 Å². The van der Waals surface area contributed by atoms with E-state index in [9.17, 15) is 9.90 Å². The topological polar surface area (TPSA) is 65.0 Å². The molecule has 98 valence electrons. The van der Waals surface area contributed by atoms with Gasteiger partial charge in [0.25, 0.3) is 0 Å². The molecule has 0 saturated heterocycles. The van der Waals surface area contributed by atoms with E-state index in [2.05, 4.69) is 4.74 Å². The first-order chi connectivity index (χ1) is 8.61. The van der Waals surface area contributed by atoms with Crippen LogP contribution in [0.5, 0.6) is 11.5 Å². The van der Waals surface area contributed by atoms with Crippen molar-refractivity contribution in [3.05, 3.63) is 23.3 Å². The van der Waals surface area contributed by atoms with Crippen LogP contribution >= 0.6 is 0 Å². The third-order valence-corrected chi connectivity index (χ3v) is 2.79. The van der Waals surface area contributed by atoms with Gasteiger partial charge in [-0.05, 0) is 24.1 Å². The summed E-state index contributed by atoms with van der Waals surface area (Å²) in [5.74, 6) is 0.758. The minimum Gasteiger partial charge on any atom is -0.486 e. The van der Waals surface area contributed by atoms with Gasteiger partial charge in [0.05, 0.1) is 7.11 Å². The summed E-state index contributed by atoms with van der Waals surface area (Å²) < 4.78 is 15.5. The van der Waals surface area contributed by atoms with Crippen molar-refractivity contribution in [2.24, 2.45) is 0 Å². The molecule has 0 fully saturated rings. The molecule has 18 heavy (non-hydrogen) atoms. The first-order valence-corrected chi connectivity index (χ1v) is 5.77. The van der Waals surface area contributed by atoms with Gasteiger partial charge in [-0.1, -0.05) is 6.07 Å². The van der Waals surface area contributed by atoms with Crippen LogP contribution in [0.2, 0.25) is 0 Å². The Labute approximate surface area is 105 Å². The van der Waals surface area contributed by atoms with E-state index < -0.39 is 12.1 Å². The molecule has 0 unspecified atom stereocenters. The smallest absolute Gasteiger partial charge is 0.335 e. The van der Waals surface area contributed by atoms with Crippen molar-refractivity contribution in [1.82, 2.24) is 0 Å². The molecule has 0 aliphatic carbocycles. The van der Waals surface area contributed by atoms with Crippen molar-refractivity contribution in [2.45, 2.75) is 19.4 Å². The third-order valence-electron chi connectivity index (χ3n) is 2.79. The Kier molecular flexibility index (Phi) is 3.72. The van der Waals surface area contributed by atoms with Gasteiger partial charge < -0.3 is 19.3 Å². The van der Waals surface area contributed by atoms with Gasteiger partial charge in [0.2, 0.25) is 0 Å². The lowest BCUT2D eigenvalue weighted by atomic mass is 10.0. The zero-order valence-corrected chi connectivity index (χ0v) is 10.4. The summed E-state index contributed by atoms with van der Waals surface area (Å²) in [5.41, 5.74) is 1.74. The molecule has 0 spiro atoms. The second-order valence-corrected chi connectivity index (χ2v) is 4.18. The minimum atomic E-state index is -1.16. The van der Waals surface area contributed by atoms with Gasteiger partial charge in [-0.2, -0.15) is 0 Å². The number of ether oxygens (including phenoxy) is 3. The molecule has 0 aromatic heterocycles. The fraction of sp³-hybridized carbons (Fsp3) is 0.462. The van der Waals surface area contributed by atoms with E-state index in [-0.39, 0.29) is 6.42 Å². The van der Waals surface area contributed by atoms with Crippen LogP contribution in [-0.2, 0) is 16.0 Å². The molecule has 0 radical (unpaired) electrons. The van der Waals surface area contributed by atoms with E-state index >= 15 is 0 Å². The Bertz CT molecular complexity index is 455. The molecule has 5 heteroatoms. The number of aliphatic hydroxyl groups excluding tert-OH is 1. The highest BCUT2D eigenvalue weighted by atomic mass is 16.6. The summed E-state index contributed by atoms with van der Waals surface area (Å²) in [5, 5.41) is 9.62. The Morgan fingerprint density at radius 3 is 2.89 bits per heavy atom. The van der Waals surface area contributed by atoms with E-state index in [0.717, 1.165) is 16.9 Å². The van der Waals surface area contributed by atoms with E-state index in [1.807, 2.05) is 13.0 Å². The Morgan fingerprint density at radius 2 is 2.17 bits per heavy atom. The lowest BCUT2D eigenvalue weighted by Gasteiger charge is -2.21. The summed E-state index contributed by atoms with van der Waals surface area (Å²) in [6.45, 7) is 2.95. The highest BCUT2D eigenvalue weighted by Crippen LogP contribution is 2.34. The van der Waals surface area contributed by atoms with Crippen LogP contribution in [0.4, 0.5) is 0 Å². The minimum absolute atomic E-state index is 0.199. The van der Waals surface area contributed by atoms with Gasteiger partial charge in [-0.3, -0.25) is 0 Å². The molecule has 1 atom stereocenters. The van der Waals surface area contributed by atoms with Gasteiger partial charge in [0, 0.05) is 6.42 Å². The van der Waals surface area contributed by atoms with Crippen LogP contribution in [0.1, 0.15) is 11.1 Å². The molecule has 1 N–H and O–H groups in total. The third kappa shape index (κ3) is 2.56. The number of rotatable bonds is 3. The highest BCUT2D eigenvalue weighted by Gasteiger charge is 2.20. The number of hydrogen-bond donors (Lipinski definition) is 1. The van der Waals surface area contributed by atoms with Crippen LogP contribution in [0, 0.1) is 6.92 Å². The zero-order valence-electron chi connectivity index (χ0n) is 10.4. The Morgan fingerprint density at radius 1 is 1.44 bits per heavy atom. The molecule has 1 aromatic carbocycles. The maximum Gasteiger partial charge on any atom is 0.335 e. The maximum atomic E-state index is 11.2. The monoisotopic (exact) mass is 252 g/mol. The van der Waals surface area contributed by atoms with E-state index in [4.69, 9.17) is 9.47 Å². The SMILES string of the molecule is COC(=O)[C@H](O)Cc1cc(C)c2c(c1)OCCO2. The summed E-state index contributed by atoms with van der Waals surface area (Å²) in [7, 11) is 1.25. The average molecular weight is 252 g/mol. The van der Waals surface area contributed by atoms with Crippen molar-refractivity contribution in [3.63, 3.8) is 0 Å². The lowest BCUT2D eigenvalue weighted by Crippen LogP contribution is -2.24. The first-order valence-electron chi connectivity index (χ1n) is 5.77. The second kappa shape index (κ2) is 5.27. The van der Waals surface area contributed by atoms with Crippen molar-refractivity contribution in [3.8, 4) is 11.5 Å². The normalized spacial score (nSPS) is 15.1. The molecule has 5 nitrogen and oxygen atoms in total. The Balaban J connectivity index is 2.19. The molecule has 1 aliphatic rings. The highest BCUT2D eigenvalue weighted by molar-refractivity contribution is 5.74. The fourth-order valence-corrected chi connectivity index (χ4v) is 1.96. The van der Waals surface area contributed by atoms with Crippen LogP contribution < -0.4 is 9.47 Å². The van der Waals surface area contributed by atoms with Crippen LogP contribution in [0.3, 0.4) is 0 Å². The number of carbonyl (C=O) groups excluding carboxylic acids is 1. The molecule has 1 aliphatic heterocycles. The van der Waals surface area contributed by atoms with Crippen molar-refractivity contribution in [1.29, 1.82) is 0 Å². The molecular weight excluding hydrogens is 236 g/mol. The quantitative estimate of drug-likeness (QED) is 0.808. The molecule has 1 aromatic rings. The predicted molar refractivity (Wildman–Crippen MR) is 63.9 cm³/mol. The number of fused-ring (bicyclic) bond motifs is 1. The summed E-state index contributed by atoms with van der Waals surface area (Å²) in [6, 6.07) is 3.66. The number of methoxy groups -OCH3 is 1. The number of esters is 1. The first kappa shape index (κ1) is 12.7. The Hall–Kier alpha value is -1.75. The number of aliphatic hydroxyl groups is 1. The van der Waals surface area contributed by atoms with E-state index in [1.54, 1.807) is 6.07 Å². The number of aryl methyl sites for hydroxylation is 1. The fourth-order valence-electron chi connectivity index (χ4n) is 1.96. The van der Waals surface area contributed by atoms with Crippen LogP contribution in [-0.4, -0.2) is 37.5 Å². The van der Waals surface area contributed by atoms with Gasteiger partial charge in [-0.25, -0.2) is 4.79 Å². The molecule has 1 heterocycles. The van der Waals surface area contributed by atoms with Crippen molar-refractivity contribution < 1.29 is 24.1 Å². The lowest BCUT2D eigenvalue weighted by molar-refractivity contribution is -0.150. The van der Waals surface area contributed by atoms with Crippen molar-refractivity contribution >= 4 is 5.97 Å². The molecule has 0 saturated carbocycles. The zero-order chi connectivity index (χ0) is 13.1. The van der Waals surface area contributed by atoms with Crippen molar-refractivity contribution in [2.75, 3.05) is 20.3 Å². The van der Waals surface area contributed by atoms with E-state index in [0.29, 0.717) is 19.0 Å². The molecule has 2 rings (SSSR count). The number of carbonyl (C=O) groups is 1. The molecule has 0 bridgehead atoms. The van der Waals surface area contributed by atoms with Crippen LogP contribution in [0.15, 0.2) is 12.1 Å². The second-order valence-electron chi connectivity index (χ2n) is 4.18. The van der Waals surface area contributed by atoms with E-state index in [1.165, 1.54) is 7.11 Å². The standard InChI is InChI=1S/C13H16O5/c1-8-5-9(6-10(14)13(15)16-2)7-11-12(8)18-4-3-17-11/h5,7,10,14H,3-4,6H2,1-2H3/t10-/m1/s1. The van der Waals surface area contributed by atoms with Gasteiger partial charge in [0.15, 0.2) is 17.6 Å². The number of benzene rings is 1. The predicted octanol–water partition coefficient (Wildman–Crippen LogP) is 0.843. The number of hydrogen-bond acceptors (Lipinski definition) is 5. The van der Waals surface area contributed by atoms with Gasteiger partial charge in [0.1, 0.15) is 13.2 Å².